The lowest BCUT2D eigenvalue weighted by atomic mass is 10.00. The lowest BCUT2D eigenvalue weighted by molar-refractivity contribution is 0.0263. The van der Waals surface area contributed by atoms with Gasteiger partial charge in [0.05, 0.1) is 25.4 Å². The molecule has 0 N–H and O–H groups in total. The van der Waals surface area contributed by atoms with Crippen LogP contribution in [-0.4, -0.2) is 18.8 Å². The highest BCUT2D eigenvalue weighted by atomic mass is 16.5. The smallest absolute Gasteiger partial charge is 0.0818 e. The van der Waals surface area contributed by atoms with E-state index in [4.69, 9.17) is 9.47 Å². The zero-order valence-electron chi connectivity index (χ0n) is 14.4. The van der Waals surface area contributed by atoms with Gasteiger partial charge in [-0.1, -0.05) is 64.1 Å². The molecular weight excluding hydrogens is 272 g/mol. The van der Waals surface area contributed by atoms with E-state index in [0.717, 1.165) is 12.8 Å². The molecule has 1 aromatic carbocycles. The van der Waals surface area contributed by atoms with E-state index in [0.29, 0.717) is 25.0 Å². The number of benzene rings is 1. The number of rotatable bonds is 8. The summed E-state index contributed by atoms with van der Waals surface area (Å²) in [6.07, 6.45) is 4.97. The Kier molecular flexibility index (Phi) is 6.66. The third kappa shape index (κ3) is 5.58. The topological polar surface area (TPSA) is 18.5 Å². The van der Waals surface area contributed by atoms with E-state index in [9.17, 15) is 0 Å². The lowest BCUT2D eigenvalue weighted by Crippen LogP contribution is -2.19. The summed E-state index contributed by atoms with van der Waals surface area (Å²) in [6, 6.07) is 10.3. The first-order valence-corrected chi connectivity index (χ1v) is 8.52. The van der Waals surface area contributed by atoms with Gasteiger partial charge in [0, 0.05) is 0 Å². The Morgan fingerprint density at radius 3 is 2.27 bits per heavy atom. The van der Waals surface area contributed by atoms with Gasteiger partial charge in [-0.05, 0) is 35.8 Å². The van der Waals surface area contributed by atoms with Gasteiger partial charge in [0.15, 0.2) is 0 Å². The van der Waals surface area contributed by atoms with E-state index < -0.39 is 0 Å². The fourth-order valence-electron chi connectivity index (χ4n) is 2.91. The average Bonchev–Trinajstić information content (AvgIpc) is 2.80. The fraction of sp³-hybridized carbons (Fsp3) is 0.600. The van der Waals surface area contributed by atoms with Crippen molar-refractivity contribution in [2.75, 3.05) is 6.61 Å². The first-order chi connectivity index (χ1) is 10.5. The van der Waals surface area contributed by atoms with Crippen molar-refractivity contribution in [3.8, 4) is 0 Å². The van der Waals surface area contributed by atoms with Crippen molar-refractivity contribution < 1.29 is 9.47 Å². The van der Waals surface area contributed by atoms with Gasteiger partial charge >= 0.3 is 0 Å². The molecule has 0 fully saturated rings. The SMILES string of the molecule is CC(C)C[C@H]1C=C(COCc2ccccc2)[C@H](CC(C)C)O1. The summed E-state index contributed by atoms with van der Waals surface area (Å²) in [4.78, 5) is 0. The molecule has 0 spiro atoms. The molecular formula is C20H30O2. The average molecular weight is 302 g/mol. The third-order valence-corrected chi connectivity index (χ3v) is 3.92. The second-order valence-corrected chi connectivity index (χ2v) is 7.14. The molecule has 0 saturated heterocycles. The summed E-state index contributed by atoms with van der Waals surface area (Å²) >= 11 is 0. The van der Waals surface area contributed by atoms with Crippen LogP contribution < -0.4 is 0 Å². The Labute approximate surface area is 135 Å². The number of hydrogen-bond donors (Lipinski definition) is 0. The van der Waals surface area contributed by atoms with E-state index in [-0.39, 0.29) is 12.2 Å². The van der Waals surface area contributed by atoms with E-state index in [1.165, 1.54) is 11.1 Å². The molecule has 0 aliphatic carbocycles. The fourth-order valence-corrected chi connectivity index (χ4v) is 2.91. The molecule has 2 atom stereocenters. The first kappa shape index (κ1) is 17.2. The van der Waals surface area contributed by atoms with Crippen LogP contribution in [0.1, 0.15) is 46.1 Å². The highest BCUT2D eigenvalue weighted by Crippen LogP contribution is 2.28. The van der Waals surface area contributed by atoms with Crippen molar-refractivity contribution in [3.05, 3.63) is 47.5 Å². The van der Waals surface area contributed by atoms with Gasteiger partial charge in [0.25, 0.3) is 0 Å². The van der Waals surface area contributed by atoms with Crippen LogP contribution in [0.25, 0.3) is 0 Å². The minimum Gasteiger partial charge on any atom is -0.372 e. The van der Waals surface area contributed by atoms with Crippen LogP contribution in [0.2, 0.25) is 0 Å². The van der Waals surface area contributed by atoms with Crippen molar-refractivity contribution in [3.63, 3.8) is 0 Å². The zero-order chi connectivity index (χ0) is 15.9. The van der Waals surface area contributed by atoms with Gasteiger partial charge in [-0.2, -0.15) is 0 Å². The lowest BCUT2D eigenvalue weighted by Gasteiger charge is -2.19. The summed E-state index contributed by atoms with van der Waals surface area (Å²) in [5, 5.41) is 0. The molecule has 0 unspecified atom stereocenters. The van der Waals surface area contributed by atoms with Crippen molar-refractivity contribution in [2.45, 2.75) is 59.4 Å². The summed E-state index contributed by atoms with van der Waals surface area (Å²) in [7, 11) is 0. The second-order valence-electron chi connectivity index (χ2n) is 7.14. The third-order valence-electron chi connectivity index (χ3n) is 3.92. The molecule has 122 valence electrons. The molecule has 0 saturated carbocycles. The van der Waals surface area contributed by atoms with Crippen LogP contribution in [0.15, 0.2) is 42.0 Å². The van der Waals surface area contributed by atoms with Crippen LogP contribution in [0.3, 0.4) is 0 Å². The predicted octanol–water partition coefficient (Wildman–Crippen LogP) is 4.99. The Bertz CT molecular complexity index is 462. The first-order valence-electron chi connectivity index (χ1n) is 8.52. The van der Waals surface area contributed by atoms with Gasteiger partial charge in [0.2, 0.25) is 0 Å². The van der Waals surface area contributed by atoms with E-state index in [1.54, 1.807) is 0 Å². The van der Waals surface area contributed by atoms with Gasteiger partial charge in [0.1, 0.15) is 0 Å². The van der Waals surface area contributed by atoms with Crippen molar-refractivity contribution >= 4 is 0 Å². The molecule has 1 aromatic rings. The standard InChI is InChI=1S/C20H30O2/c1-15(2)10-19-12-18(20(22-19)11-16(3)4)14-21-13-17-8-6-5-7-9-17/h5-9,12,15-16,19-20H,10-11,13-14H2,1-4H3/t19-,20-/m0/s1. The largest absolute Gasteiger partial charge is 0.372 e. The summed E-state index contributed by atoms with van der Waals surface area (Å²) in [6.45, 7) is 10.3. The van der Waals surface area contributed by atoms with E-state index in [1.807, 2.05) is 6.07 Å². The number of ether oxygens (including phenoxy) is 2. The van der Waals surface area contributed by atoms with E-state index in [2.05, 4.69) is 58.0 Å². The van der Waals surface area contributed by atoms with Crippen LogP contribution in [0.5, 0.6) is 0 Å². The summed E-state index contributed by atoms with van der Waals surface area (Å²) in [5.74, 6) is 1.30. The van der Waals surface area contributed by atoms with Gasteiger partial charge in [-0.15, -0.1) is 0 Å². The molecule has 2 heteroatoms. The molecule has 2 rings (SSSR count). The molecule has 1 aliphatic heterocycles. The Morgan fingerprint density at radius 1 is 0.955 bits per heavy atom. The van der Waals surface area contributed by atoms with Crippen LogP contribution in [-0.2, 0) is 16.1 Å². The molecule has 0 amide bonds. The van der Waals surface area contributed by atoms with Crippen molar-refractivity contribution in [1.29, 1.82) is 0 Å². The minimum absolute atomic E-state index is 0.236. The highest BCUT2D eigenvalue weighted by Gasteiger charge is 2.28. The van der Waals surface area contributed by atoms with E-state index >= 15 is 0 Å². The van der Waals surface area contributed by atoms with Gasteiger partial charge in [-0.3, -0.25) is 0 Å². The van der Waals surface area contributed by atoms with Crippen LogP contribution in [0, 0.1) is 11.8 Å². The summed E-state index contributed by atoms with van der Waals surface area (Å²) in [5.41, 5.74) is 2.55. The number of hydrogen-bond acceptors (Lipinski definition) is 2. The maximum atomic E-state index is 6.23. The maximum absolute atomic E-state index is 6.23. The van der Waals surface area contributed by atoms with Gasteiger partial charge in [-0.25, -0.2) is 0 Å². The molecule has 2 nitrogen and oxygen atoms in total. The normalized spacial score (nSPS) is 21.6. The molecule has 1 heterocycles. The highest BCUT2D eigenvalue weighted by molar-refractivity contribution is 5.18. The Hall–Kier alpha value is -1.12. The van der Waals surface area contributed by atoms with Gasteiger partial charge < -0.3 is 9.47 Å². The molecule has 1 aliphatic rings. The predicted molar refractivity (Wildman–Crippen MR) is 91.8 cm³/mol. The maximum Gasteiger partial charge on any atom is 0.0818 e. The molecule has 0 aromatic heterocycles. The molecule has 0 bridgehead atoms. The van der Waals surface area contributed by atoms with Crippen LogP contribution in [0.4, 0.5) is 0 Å². The minimum atomic E-state index is 0.236. The second kappa shape index (κ2) is 8.50. The quantitative estimate of drug-likeness (QED) is 0.630. The zero-order valence-corrected chi connectivity index (χ0v) is 14.4. The molecule has 22 heavy (non-hydrogen) atoms. The molecule has 0 radical (unpaired) electrons. The van der Waals surface area contributed by atoms with Crippen LogP contribution >= 0.6 is 0 Å². The van der Waals surface area contributed by atoms with Crippen molar-refractivity contribution in [2.24, 2.45) is 11.8 Å². The summed E-state index contributed by atoms with van der Waals surface area (Å²) < 4.78 is 12.1. The monoisotopic (exact) mass is 302 g/mol. The Balaban J connectivity index is 1.89. The van der Waals surface area contributed by atoms with Crippen molar-refractivity contribution in [1.82, 2.24) is 0 Å². The Morgan fingerprint density at radius 2 is 1.64 bits per heavy atom.